The second-order valence-corrected chi connectivity index (χ2v) is 0.272. The summed E-state index contributed by atoms with van der Waals surface area (Å²) < 4.78 is 0. The van der Waals surface area contributed by atoms with E-state index in [9.17, 15) is 0 Å². The van der Waals surface area contributed by atoms with E-state index in [-0.39, 0.29) is 12.6 Å². The summed E-state index contributed by atoms with van der Waals surface area (Å²) >= 11 is 0. The van der Waals surface area contributed by atoms with Gasteiger partial charge in [-0.2, -0.15) is 0 Å². The fourth-order valence-corrected chi connectivity index (χ4v) is 0. The molecule has 0 saturated carbocycles. The molecule has 0 aliphatic carbocycles. The summed E-state index contributed by atoms with van der Waals surface area (Å²) in [6, 6.07) is 0. The molecule has 0 atom stereocenters. The van der Waals surface area contributed by atoms with Gasteiger partial charge in [-0.25, -0.2) is 0 Å². The number of rotatable bonds is 1. The van der Waals surface area contributed by atoms with Gasteiger partial charge in [0.05, 0.1) is 0 Å². The molecule has 0 heterocycles. The largest absolute Gasteiger partial charge is 0.400 e. The first-order chi connectivity index (χ1) is 2.91. The highest BCUT2D eigenvalue weighted by atomic mass is 16.2. The fraction of sp³-hybridized carbons (Fsp3) is 0.333. The molecule has 0 fully saturated rings. The lowest BCUT2D eigenvalue weighted by Gasteiger charge is -1.31. The van der Waals surface area contributed by atoms with Crippen LogP contribution in [-0.4, -0.2) is 24.8 Å². The summed E-state index contributed by atoms with van der Waals surface area (Å²) in [6.07, 6.45) is 0.389. The second-order valence-electron chi connectivity index (χ2n) is 0.272. The van der Waals surface area contributed by atoms with Crippen LogP contribution >= 0.6 is 0 Å². The number of carbonyl (C=O) groups excluding carboxylic acids is 2. The zero-order chi connectivity index (χ0) is 5.41. The van der Waals surface area contributed by atoms with Crippen molar-refractivity contribution in [1.29, 1.82) is 0 Å². The molecule has 0 bridgehead atoms. The van der Waals surface area contributed by atoms with Crippen molar-refractivity contribution in [3.63, 3.8) is 0 Å². The van der Waals surface area contributed by atoms with Crippen molar-refractivity contribution in [2.45, 2.75) is 0 Å². The number of hydrogen-bond acceptors (Lipinski definition) is 3. The summed E-state index contributed by atoms with van der Waals surface area (Å²) in [5.74, 6) is 0. The van der Waals surface area contributed by atoms with Crippen molar-refractivity contribution in [3.8, 4) is 0 Å². The van der Waals surface area contributed by atoms with Gasteiger partial charge < -0.3 is 5.11 Å². The Bertz CT molecular complexity index is 27.0. The molecule has 36 valence electrons. The quantitative estimate of drug-likeness (QED) is 0.331. The molecule has 0 aliphatic rings. The Morgan fingerprint density at radius 3 is 1.33 bits per heavy atom. The maximum atomic E-state index is 8.81. The number of aliphatic hydroxyl groups excluding tert-OH is 1. The molecular weight excluding hydrogens is 84.0 g/mol. The molecule has 0 radical (unpaired) electrons. The van der Waals surface area contributed by atoms with E-state index in [1.54, 1.807) is 0 Å². The maximum absolute atomic E-state index is 8.81. The number of aliphatic hydroxyl groups is 1. The van der Waals surface area contributed by atoms with E-state index in [1.807, 2.05) is 0 Å². The minimum atomic E-state index is 0.194. The molecular formula is C3H6O3. The van der Waals surface area contributed by atoms with Gasteiger partial charge in [-0.15, -0.1) is 0 Å². The zero-order valence-corrected chi connectivity index (χ0v) is 3.42. The van der Waals surface area contributed by atoms with Crippen molar-refractivity contribution in [1.82, 2.24) is 0 Å². The van der Waals surface area contributed by atoms with E-state index >= 15 is 0 Å². The molecule has 6 heavy (non-hydrogen) atoms. The van der Waals surface area contributed by atoms with Crippen molar-refractivity contribution in [2.24, 2.45) is 0 Å². The third-order valence-electron chi connectivity index (χ3n) is 0.0556. The predicted octanol–water partition coefficient (Wildman–Crippen LogP) is -1.01. The minimum absolute atomic E-state index is 0.194. The summed E-state index contributed by atoms with van der Waals surface area (Å²) in [5, 5.41) is 7.00. The van der Waals surface area contributed by atoms with Crippen molar-refractivity contribution in [2.75, 3.05) is 7.11 Å². The molecule has 0 spiro atoms. The van der Waals surface area contributed by atoms with Gasteiger partial charge in [0.25, 0.3) is 0 Å². The zero-order valence-electron chi connectivity index (χ0n) is 3.42. The third kappa shape index (κ3) is 194. The Balaban J connectivity index is 0. The summed E-state index contributed by atoms with van der Waals surface area (Å²) in [4.78, 5) is 17.6. The molecule has 0 aliphatic heterocycles. The van der Waals surface area contributed by atoms with Gasteiger partial charge in [0.15, 0.2) is 12.6 Å². The van der Waals surface area contributed by atoms with Crippen LogP contribution in [0.1, 0.15) is 0 Å². The molecule has 0 saturated heterocycles. The molecule has 3 nitrogen and oxygen atoms in total. The third-order valence-corrected chi connectivity index (χ3v) is 0.0556. The molecule has 0 aromatic heterocycles. The van der Waals surface area contributed by atoms with Crippen molar-refractivity contribution < 1.29 is 14.7 Å². The highest BCUT2D eigenvalue weighted by Crippen LogP contribution is 1.12. The molecule has 0 rings (SSSR count). The fourth-order valence-electron chi connectivity index (χ4n) is 0. The summed E-state index contributed by atoms with van der Waals surface area (Å²) in [5.41, 5.74) is 0. The van der Waals surface area contributed by atoms with E-state index < -0.39 is 0 Å². The van der Waals surface area contributed by atoms with Gasteiger partial charge in [0, 0.05) is 7.11 Å². The highest BCUT2D eigenvalue weighted by Gasteiger charge is 1.47. The maximum Gasteiger partial charge on any atom is 0.182 e. The van der Waals surface area contributed by atoms with Gasteiger partial charge in [0.1, 0.15) is 0 Å². The normalized spacial score (nSPS) is 4.33. The summed E-state index contributed by atoms with van der Waals surface area (Å²) in [6.45, 7) is 0. The van der Waals surface area contributed by atoms with Gasteiger partial charge >= 0.3 is 0 Å². The van der Waals surface area contributed by atoms with Crippen LogP contribution < -0.4 is 0 Å². The van der Waals surface area contributed by atoms with Crippen LogP contribution in [0.4, 0.5) is 0 Å². The lowest BCUT2D eigenvalue weighted by molar-refractivity contribution is -0.122. The average Bonchev–Trinajstić information content (AvgIpc) is 1.72. The topological polar surface area (TPSA) is 54.4 Å². The molecule has 1 N–H and O–H groups in total. The summed E-state index contributed by atoms with van der Waals surface area (Å²) in [7, 11) is 1.00. The smallest absolute Gasteiger partial charge is 0.182 e. The first-order valence-corrected chi connectivity index (χ1v) is 1.25. The van der Waals surface area contributed by atoms with Crippen LogP contribution in [0.2, 0.25) is 0 Å². The van der Waals surface area contributed by atoms with Gasteiger partial charge in [-0.05, 0) is 0 Å². The number of hydrogen-bond donors (Lipinski definition) is 1. The van der Waals surface area contributed by atoms with Crippen LogP contribution in [0.3, 0.4) is 0 Å². The standard InChI is InChI=1S/C2H2O2.CH4O/c3-1-2-4;1-2/h1-2H;2H,1H3. The minimum Gasteiger partial charge on any atom is -0.400 e. The predicted molar refractivity (Wildman–Crippen MR) is 20.3 cm³/mol. The van der Waals surface area contributed by atoms with Crippen LogP contribution in [-0.2, 0) is 9.59 Å². The van der Waals surface area contributed by atoms with Crippen molar-refractivity contribution >= 4 is 12.6 Å². The molecule has 3 heteroatoms. The molecule has 0 aromatic carbocycles. The number of aldehydes is 2. The highest BCUT2D eigenvalue weighted by molar-refractivity contribution is 6.09. The van der Waals surface area contributed by atoms with Crippen LogP contribution in [0.15, 0.2) is 0 Å². The average molecular weight is 90.1 g/mol. The van der Waals surface area contributed by atoms with Crippen LogP contribution in [0.25, 0.3) is 0 Å². The Hall–Kier alpha value is -0.700. The molecule has 0 amide bonds. The van der Waals surface area contributed by atoms with E-state index in [1.165, 1.54) is 0 Å². The lowest BCUT2D eigenvalue weighted by Crippen LogP contribution is -1.62. The van der Waals surface area contributed by atoms with E-state index in [4.69, 9.17) is 14.7 Å². The van der Waals surface area contributed by atoms with Crippen LogP contribution in [0.5, 0.6) is 0 Å². The lowest BCUT2D eigenvalue weighted by atomic mass is 10.9. The van der Waals surface area contributed by atoms with Crippen LogP contribution in [0, 0.1) is 0 Å². The Morgan fingerprint density at radius 2 is 1.33 bits per heavy atom. The SMILES string of the molecule is CO.O=CC=O. The monoisotopic (exact) mass is 90.0 g/mol. The van der Waals surface area contributed by atoms with Gasteiger partial charge in [-0.1, -0.05) is 0 Å². The van der Waals surface area contributed by atoms with Gasteiger partial charge in [-0.3, -0.25) is 9.59 Å². The Labute approximate surface area is 35.6 Å². The van der Waals surface area contributed by atoms with Crippen molar-refractivity contribution in [3.05, 3.63) is 0 Å². The van der Waals surface area contributed by atoms with E-state index in [0.29, 0.717) is 0 Å². The molecule has 0 aromatic rings. The van der Waals surface area contributed by atoms with E-state index in [0.717, 1.165) is 7.11 Å². The Morgan fingerprint density at radius 1 is 1.17 bits per heavy atom. The first-order valence-electron chi connectivity index (χ1n) is 1.25. The number of carbonyl (C=O) groups is 2. The molecule has 0 unspecified atom stereocenters. The second kappa shape index (κ2) is 27.7. The van der Waals surface area contributed by atoms with E-state index in [2.05, 4.69) is 0 Å². The van der Waals surface area contributed by atoms with Gasteiger partial charge in [0.2, 0.25) is 0 Å². The first kappa shape index (κ1) is 9.00. The Kier molecular flexibility index (Phi) is 41.6.